The number of hydrogen-bond acceptors (Lipinski definition) is 5. The molecule has 0 aromatic heterocycles. The molecule has 1 amide bonds. The largest absolute Gasteiger partial charge is 0.449 e. The summed E-state index contributed by atoms with van der Waals surface area (Å²) in [5.41, 5.74) is -2.28. The molecule has 2 heterocycles. The van der Waals surface area contributed by atoms with Gasteiger partial charge in [-0.2, -0.15) is 26.3 Å². The highest BCUT2D eigenvalue weighted by Gasteiger charge is 2.48. The second-order valence-electron chi connectivity index (χ2n) is 5.70. The number of amides is 1. The lowest BCUT2D eigenvalue weighted by Gasteiger charge is -2.41. The van der Waals surface area contributed by atoms with E-state index >= 15 is 0 Å². The van der Waals surface area contributed by atoms with Crippen LogP contribution in [0.1, 0.15) is 15.9 Å². The molecule has 0 aliphatic carbocycles. The third-order valence-corrected chi connectivity index (χ3v) is 3.81. The van der Waals surface area contributed by atoms with Gasteiger partial charge in [0.2, 0.25) is 6.23 Å². The fourth-order valence-electron chi connectivity index (χ4n) is 2.40. The van der Waals surface area contributed by atoms with E-state index in [0.29, 0.717) is 17.2 Å². The lowest BCUT2D eigenvalue weighted by Crippen LogP contribution is -2.62. The molecule has 1 aromatic carbocycles. The summed E-state index contributed by atoms with van der Waals surface area (Å²) in [6.45, 7) is 0. The van der Waals surface area contributed by atoms with Gasteiger partial charge in [-0.15, -0.1) is 0 Å². The number of cyclic esters (lactones) is 1. The SMILES string of the molecule is O=C(ON1C(=O)OC1C1C=C(C(F)(F)F)C=CN1)c1ccc(C(F)(F)F)cc1. The monoisotopic (exact) mass is 408 g/mol. The van der Waals surface area contributed by atoms with Crippen LogP contribution < -0.4 is 5.32 Å². The molecule has 150 valence electrons. The first-order chi connectivity index (χ1) is 13.0. The van der Waals surface area contributed by atoms with Crippen molar-refractivity contribution in [1.82, 2.24) is 10.4 Å². The van der Waals surface area contributed by atoms with Crippen molar-refractivity contribution in [3.8, 4) is 0 Å². The molecule has 0 saturated carbocycles. The van der Waals surface area contributed by atoms with E-state index in [1.54, 1.807) is 0 Å². The number of ether oxygens (including phenoxy) is 1. The fourth-order valence-corrected chi connectivity index (χ4v) is 2.40. The van der Waals surface area contributed by atoms with Crippen molar-refractivity contribution in [2.24, 2.45) is 0 Å². The number of nitrogens with one attached hydrogen (secondary N) is 1. The van der Waals surface area contributed by atoms with Crippen LogP contribution in [0.15, 0.2) is 48.2 Å². The fraction of sp³-hybridized carbons (Fsp3) is 0.250. The molecule has 28 heavy (non-hydrogen) atoms. The van der Waals surface area contributed by atoms with Crippen LogP contribution >= 0.6 is 0 Å². The molecule has 1 aromatic rings. The Balaban J connectivity index is 1.70. The highest BCUT2D eigenvalue weighted by Crippen LogP contribution is 2.32. The highest BCUT2D eigenvalue weighted by molar-refractivity contribution is 5.90. The molecule has 2 atom stereocenters. The maximum Gasteiger partial charge on any atom is 0.449 e. The Hall–Kier alpha value is -3.18. The van der Waals surface area contributed by atoms with Gasteiger partial charge in [0.15, 0.2) is 0 Å². The Morgan fingerprint density at radius 2 is 1.71 bits per heavy atom. The maximum absolute atomic E-state index is 12.8. The molecule has 3 rings (SSSR count). The normalized spacial score (nSPS) is 22.0. The van der Waals surface area contributed by atoms with Gasteiger partial charge in [-0.3, -0.25) is 0 Å². The molecular weight excluding hydrogens is 398 g/mol. The van der Waals surface area contributed by atoms with E-state index in [4.69, 9.17) is 9.57 Å². The minimum Gasteiger partial charge on any atom is -0.417 e. The lowest BCUT2D eigenvalue weighted by atomic mass is 10.1. The van der Waals surface area contributed by atoms with E-state index in [9.17, 15) is 35.9 Å². The van der Waals surface area contributed by atoms with Crippen molar-refractivity contribution in [2.45, 2.75) is 24.6 Å². The summed E-state index contributed by atoms with van der Waals surface area (Å²) in [7, 11) is 0. The molecule has 1 fully saturated rings. The van der Waals surface area contributed by atoms with E-state index in [1.807, 2.05) is 0 Å². The molecule has 0 bridgehead atoms. The van der Waals surface area contributed by atoms with Gasteiger partial charge in [0.05, 0.1) is 16.7 Å². The summed E-state index contributed by atoms with van der Waals surface area (Å²) >= 11 is 0. The first kappa shape index (κ1) is 19.6. The molecule has 0 radical (unpaired) electrons. The number of benzene rings is 1. The van der Waals surface area contributed by atoms with Crippen LogP contribution in [0.3, 0.4) is 0 Å². The van der Waals surface area contributed by atoms with E-state index in [1.165, 1.54) is 0 Å². The van der Waals surface area contributed by atoms with Crippen molar-refractivity contribution in [3.63, 3.8) is 0 Å². The van der Waals surface area contributed by atoms with Crippen LogP contribution in [0.2, 0.25) is 0 Å². The summed E-state index contributed by atoms with van der Waals surface area (Å²) in [5, 5.41) is 2.92. The third-order valence-electron chi connectivity index (χ3n) is 3.81. The number of halogens is 6. The van der Waals surface area contributed by atoms with Crippen molar-refractivity contribution in [3.05, 3.63) is 59.3 Å². The topological polar surface area (TPSA) is 67.9 Å². The summed E-state index contributed by atoms with van der Waals surface area (Å²) in [4.78, 5) is 28.3. The van der Waals surface area contributed by atoms with E-state index < -0.39 is 47.8 Å². The predicted molar refractivity (Wildman–Crippen MR) is 79.2 cm³/mol. The minimum atomic E-state index is -4.63. The Labute approximate surface area is 152 Å². The average molecular weight is 408 g/mol. The quantitative estimate of drug-likeness (QED) is 0.776. The Bertz CT molecular complexity index is 844. The van der Waals surface area contributed by atoms with E-state index in [0.717, 1.165) is 30.5 Å². The van der Waals surface area contributed by atoms with E-state index in [2.05, 4.69) is 5.32 Å². The molecule has 1 saturated heterocycles. The van der Waals surface area contributed by atoms with Gasteiger partial charge < -0.3 is 14.9 Å². The summed E-state index contributed by atoms with van der Waals surface area (Å²) in [6.07, 6.45) is -9.23. The van der Waals surface area contributed by atoms with Crippen molar-refractivity contribution in [1.29, 1.82) is 0 Å². The van der Waals surface area contributed by atoms with Crippen LogP contribution in [0, 0.1) is 0 Å². The number of hydrogen-bond donors (Lipinski definition) is 1. The van der Waals surface area contributed by atoms with Crippen LogP contribution in [0.5, 0.6) is 0 Å². The van der Waals surface area contributed by atoms with Gasteiger partial charge in [-0.1, -0.05) is 5.06 Å². The highest BCUT2D eigenvalue weighted by atomic mass is 19.4. The van der Waals surface area contributed by atoms with Crippen molar-refractivity contribution in [2.75, 3.05) is 0 Å². The van der Waals surface area contributed by atoms with Gasteiger partial charge in [0.1, 0.15) is 6.04 Å². The predicted octanol–water partition coefficient (Wildman–Crippen LogP) is 3.53. The molecule has 2 aliphatic heterocycles. The van der Waals surface area contributed by atoms with Gasteiger partial charge in [0, 0.05) is 0 Å². The van der Waals surface area contributed by atoms with Crippen LogP contribution in [-0.2, 0) is 15.8 Å². The molecule has 2 unspecified atom stereocenters. The number of hydroxylamine groups is 2. The first-order valence-corrected chi connectivity index (χ1v) is 7.58. The smallest absolute Gasteiger partial charge is 0.417 e. The maximum atomic E-state index is 12.8. The number of dihydropyridines is 1. The Morgan fingerprint density at radius 3 is 2.25 bits per heavy atom. The minimum absolute atomic E-state index is 0.297. The number of carbonyl (C=O) groups is 2. The van der Waals surface area contributed by atoms with Gasteiger partial charge in [-0.05, 0) is 42.6 Å². The summed E-state index contributed by atoms with van der Waals surface area (Å²) in [6, 6.07) is 1.81. The number of carbonyl (C=O) groups excluding carboxylic acids is 2. The lowest BCUT2D eigenvalue weighted by molar-refractivity contribution is -0.246. The standard InChI is InChI=1S/C16H10F6N2O4/c17-15(18,19)9-3-1-8(2-4-9)13(25)28-24-12(27-14(24)26)11-7-10(5-6-23-11)16(20,21)22/h1-7,11-12,23H. The average Bonchev–Trinajstić information content (AvgIpc) is 2.62. The summed E-state index contributed by atoms with van der Waals surface area (Å²) in [5.74, 6) is -1.18. The van der Waals surface area contributed by atoms with Crippen LogP contribution in [-0.4, -0.2) is 35.6 Å². The van der Waals surface area contributed by atoms with Crippen molar-refractivity contribution >= 4 is 12.1 Å². The van der Waals surface area contributed by atoms with Gasteiger partial charge >= 0.3 is 24.4 Å². The third kappa shape index (κ3) is 3.89. The molecule has 6 nitrogen and oxygen atoms in total. The zero-order valence-electron chi connectivity index (χ0n) is 13.5. The van der Waals surface area contributed by atoms with Crippen molar-refractivity contribution < 1.29 is 45.5 Å². The second-order valence-corrected chi connectivity index (χ2v) is 5.70. The van der Waals surface area contributed by atoms with E-state index in [-0.39, 0.29) is 5.56 Å². The molecular formula is C16H10F6N2O4. The Kier molecular flexibility index (Phi) is 4.73. The number of alkyl halides is 6. The zero-order chi connectivity index (χ0) is 20.7. The van der Waals surface area contributed by atoms with Crippen LogP contribution in [0.25, 0.3) is 0 Å². The van der Waals surface area contributed by atoms with Crippen LogP contribution in [0.4, 0.5) is 31.1 Å². The molecule has 1 N–H and O–H groups in total. The molecule has 0 spiro atoms. The van der Waals surface area contributed by atoms with Gasteiger partial charge in [0.25, 0.3) is 0 Å². The number of rotatable bonds is 3. The Morgan fingerprint density at radius 1 is 1.07 bits per heavy atom. The number of allylic oxidation sites excluding steroid dienone is 2. The molecule has 2 aliphatic rings. The first-order valence-electron chi connectivity index (χ1n) is 7.58. The second kappa shape index (κ2) is 6.77. The number of nitrogens with zero attached hydrogens (tertiary/aromatic N) is 1. The summed E-state index contributed by atoms with van der Waals surface area (Å²) < 4.78 is 80.7. The zero-order valence-corrected chi connectivity index (χ0v) is 13.5. The van der Waals surface area contributed by atoms with Gasteiger partial charge in [-0.25, -0.2) is 9.59 Å². The molecule has 12 heteroatoms.